The first-order valence-electron chi connectivity index (χ1n) is 8.87. The van der Waals surface area contributed by atoms with E-state index in [-0.39, 0.29) is 26.1 Å². The number of hydrogen-bond acceptors (Lipinski definition) is 4. The van der Waals surface area contributed by atoms with Crippen molar-refractivity contribution in [3.63, 3.8) is 0 Å². The number of halogens is 2. The van der Waals surface area contributed by atoms with Crippen LogP contribution < -0.4 is 5.32 Å². The van der Waals surface area contributed by atoms with Crippen LogP contribution in [0, 0.1) is 5.92 Å². The van der Waals surface area contributed by atoms with Gasteiger partial charge in [-0.1, -0.05) is 30.3 Å². The maximum absolute atomic E-state index is 14.4. The van der Waals surface area contributed by atoms with Gasteiger partial charge in [0.2, 0.25) is 0 Å². The number of nitrogens with one attached hydrogen (secondary N) is 1. The van der Waals surface area contributed by atoms with Crippen molar-refractivity contribution in [2.75, 3.05) is 19.6 Å². The van der Waals surface area contributed by atoms with Crippen molar-refractivity contribution >= 4 is 12.2 Å². The van der Waals surface area contributed by atoms with Gasteiger partial charge >= 0.3 is 12.2 Å². The van der Waals surface area contributed by atoms with Crippen molar-refractivity contribution in [3.8, 4) is 0 Å². The minimum atomic E-state index is -3.12. The predicted molar refractivity (Wildman–Crippen MR) is 95.5 cm³/mol. The second-order valence-corrected chi connectivity index (χ2v) is 7.59. The van der Waals surface area contributed by atoms with Gasteiger partial charge in [-0.3, -0.25) is 0 Å². The Morgan fingerprint density at radius 3 is 2.52 bits per heavy atom. The summed E-state index contributed by atoms with van der Waals surface area (Å²) in [7, 11) is 0. The summed E-state index contributed by atoms with van der Waals surface area (Å²) in [6.45, 7) is 4.31. The van der Waals surface area contributed by atoms with E-state index in [1.54, 1.807) is 32.9 Å². The van der Waals surface area contributed by atoms with Crippen molar-refractivity contribution in [1.82, 2.24) is 10.2 Å². The Bertz CT molecular complexity index is 647. The molecule has 2 amide bonds. The minimum absolute atomic E-state index is 0.0607. The van der Waals surface area contributed by atoms with Crippen molar-refractivity contribution < 1.29 is 27.8 Å². The smallest absolute Gasteiger partial charge is 0.410 e. The van der Waals surface area contributed by atoms with Gasteiger partial charge in [-0.25, -0.2) is 18.4 Å². The summed E-state index contributed by atoms with van der Waals surface area (Å²) in [6.07, 6.45) is -1.44. The molecule has 1 aromatic rings. The molecule has 8 heteroatoms. The quantitative estimate of drug-likeness (QED) is 0.857. The highest BCUT2D eigenvalue weighted by atomic mass is 19.3. The number of piperidine rings is 1. The topological polar surface area (TPSA) is 67.9 Å². The maximum atomic E-state index is 14.4. The molecule has 0 spiro atoms. The standard InChI is InChI=1S/C19H26F2N2O4/c1-18(2,3)27-17(25)23-10-9-15(19(20,21)13-23)11-22-16(24)26-12-14-7-5-4-6-8-14/h4-8,15H,9-13H2,1-3H3,(H,22,24). The molecule has 0 aromatic heterocycles. The molecular formula is C19H26F2N2O4. The molecule has 6 nitrogen and oxygen atoms in total. The van der Waals surface area contributed by atoms with Crippen molar-refractivity contribution in [1.29, 1.82) is 0 Å². The van der Waals surface area contributed by atoms with E-state index >= 15 is 0 Å². The summed E-state index contributed by atoms with van der Waals surface area (Å²) in [5, 5.41) is 2.38. The number of ether oxygens (including phenoxy) is 2. The molecular weight excluding hydrogens is 358 g/mol. The third-order valence-electron chi connectivity index (χ3n) is 4.10. The largest absolute Gasteiger partial charge is 0.445 e. The van der Waals surface area contributed by atoms with E-state index in [4.69, 9.17) is 9.47 Å². The maximum Gasteiger partial charge on any atom is 0.410 e. The van der Waals surface area contributed by atoms with Gasteiger partial charge in [0.15, 0.2) is 0 Å². The van der Waals surface area contributed by atoms with Crippen LogP contribution in [0.1, 0.15) is 32.8 Å². The number of amides is 2. The highest BCUT2D eigenvalue weighted by Crippen LogP contribution is 2.33. The van der Waals surface area contributed by atoms with E-state index in [2.05, 4.69) is 5.32 Å². The minimum Gasteiger partial charge on any atom is -0.445 e. The summed E-state index contributed by atoms with van der Waals surface area (Å²) in [5.74, 6) is -4.19. The second kappa shape index (κ2) is 8.54. The molecule has 1 aliphatic rings. The third kappa shape index (κ3) is 6.69. The number of carbonyl (C=O) groups excluding carboxylic acids is 2. The Hall–Kier alpha value is -2.38. The van der Waals surface area contributed by atoms with Crippen LogP contribution in [-0.2, 0) is 16.1 Å². The summed E-state index contributed by atoms with van der Waals surface area (Å²) in [4.78, 5) is 24.7. The molecule has 1 aliphatic heterocycles. The number of alkyl carbamates (subject to hydrolysis) is 1. The zero-order valence-corrected chi connectivity index (χ0v) is 15.8. The zero-order valence-electron chi connectivity index (χ0n) is 15.8. The monoisotopic (exact) mass is 384 g/mol. The highest BCUT2D eigenvalue weighted by molar-refractivity contribution is 5.68. The molecule has 1 fully saturated rings. The number of hydrogen-bond donors (Lipinski definition) is 1. The molecule has 1 atom stereocenters. The Morgan fingerprint density at radius 2 is 1.93 bits per heavy atom. The molecule has 150 valence electrons. The first-order chi connectivity index (χ1) is 12.6. The average molecular weight is 384 g/mol. The van der Waals surface area contributed by atoms with Gasteiger partial charge in [0.1, 0.15) is 12.2 Å². The van der Waals surface area contributed by atoms with Crippen molar-refractivity contribution in [3.05, 3.63) is 35.9 Å². The van der Waals surface area contributed by atoms with Gasteiger partial charge in [0, 0.05) is 19.0 Å². The lowest BCUT2D eigenvalue weighted by Crippen LogP contribution is -2.54. The first-order valence-corrected chi connectivity index (χ1v) is 8.87. The van der Waals surface area contributed by atoms with Gasteiger partial charge in [-0.05, 0) is 32.8 Å². The van der Waals surface area contributed by atoms with Crippen LogP contribution in [0.25, 0.3) is 0 Å². The van der Waals surface area contributed by atoms with Gasteiger partial charge < -0.3 is 19.7 Å². The van der Waals surface area contributed by atoms with Crippen LogP contribution >= 0.6 is 0 Å². The number of benzene rings is 1. The third-order valence-corrected chi connectivity index (χ3v) is 4.10. The predicted octanol–water partition coefficient (Wildman–Crippen LogP) is 3.81. The van der Waals surface area contributed by atoms with E-state index in [0.717, 1.165) is 10.5 Å². The van der Waals surface area contributed by atoms with Crippen LogP contribution in [0.4, 0.5) is 18.4 Å². The summed E-state index contributed by atoms with van der Waals surface area (Å²) in [5.41, 5.74) is 0.0662. The molecule has 1 aromatic carbocycles. The molecule has 27 heavy (non-hydrogen) atoms. The second-order valence-electron chi connectivity index (χ2n) is 7.59. The highest BCUT2D eigenvalue weighted by Gasteiger charge is 2.46. The zero-order chi connectivity index (χ0) is 20.1. The summed E-state index contributed by atoms with van der Waals surface area (Å²) in [6, 6.07) is 9.07. The number of nitrogens with zero attached hydrogens (tertiary/aromatic N) is 1. The van der Waals surface area contributed by atoms with E-state index in [0.29, 0.717) is 0 Å². The summed E-state index contributed by atoms with van der Waals surface area (Å²) < 4.78 is 38.9. The van der Waals surface area contributed by atoms with Crippen LogP contribution in [0.15, 0.2) is 30.3 Å². The Morgan fingerprint density at radius 1 is 1.26 bits per heavy atom. The molecule has 1 saturated heterocycles. The fraction of sp³-hybridized carbons (Fsp3) is 0.579. The van der Waals surface area contributed by atoms with Gasteiger partial charge in [-0.2, -0.15) is 0 Å². The van der Waals surface area contributed by atoms with Crippen molar-refractivity contribution in [2.24, 2.45) is 5.92 Å². The van der Waals surface area contributed by atoms with E-state index < -0.39 is 36.2 Å². The van der Waals surface area contributed by atoms with Gasteiger partial charge in [-0.15, -0.1) is 0 Å². The molecule has 0 saturated carbocycles. The van der Waals surface area contributed by atoms with E-state index in [9.17, 15) is 18.4 Å². The van der Waals surface area contributed by atoms with E-state index in [1.807, 2.05) is 18.2 Å². The van der Waals surface area contributed by atoms with Crippen molar-refractivity contribution in [2.45, 2.75) is 45.3 Å². The van der Waals surface area contributed by atoms with Crippen LogP contribution in [-0.4, -0.2) is 48.2 Å². The molecule has 0 bridgehead atoms. The Kier molecular flexibility index (Phi) is 6.62. The van der Waals surface area contributed by atoms with Gasteiger partial charge in [0.25, 0.3) is 5.92 Å². The first kappa shape index (κ1) is 20.9. The molecule has 2 rings (SSSR count). The lowest BCUT2D eigenvalue weighted by Gasteiger charge is -2.38. The lowest BCUT2D eigenvalue weighted by atomic mass is 9.93. The Labute approximate surface area is 157 Å². The SMILES string of the molecule is CC(C)(C)OC(=O)N1CCC(CNC(=O)OCc2ccccc2)C(F)(F)C1. The Balaban J connectivity index is 1.79. The number of rotatable bonds is 4. The fourth-order valence-corrected chi connectivity index (χ4v) is 2.70. The molecule has 1 unspecified atom stereocenters. The number of alkyl halides is 2. The summed E-state index contributed by atoms with van der Waals surface area (Å²) >= 11 is 0. The van der Waals surface area contributed by atoms with Crippen LogP contribution in [0.5, 0.6) is 0 Å². The van der Waals surface area contributed by atoms with E-state index in [1.165, 1.54) is 0 Å². The average Bonchev–Trinajstić information content (AvgIpc) is 2.57. The van der Waals surface area contributed by atoms with Crippen LogP contribution in [0.2, 0.25) is 0 Å². The number of carbonyl (C=O) groups is 2. The normalized spacial score (nSPS) is 19.3. The lowest BCUT2D eigenvalue weighted by molar-refractivity contribution is -0.108. The van der Waals surface area contributed by atoms with Gasteiger partial charge in [0.05, 0.1) is 6.54 Å². The number of likely N-dealkylation sites (tertiary alicyclic amines) is 1. The molecule has 1 N–H and O–H groups in total. The van der Waals surface area contributed by atoms with Crippen LogP contribution in [0.3, 0.4) is 0 Å². The molecule has 0 radical (unpaired) electrons. The fourth-order valence-electron chi connectivity index (χ4n) is 2.70. The molecule has 1 heterocycles. The molecule has 0 aliphatic carbocycles.